The average Bonchev–Trinajstić information content (AvgIpc) is 2.65. The van der Waals surface area contributed by atoms with Gasteiger partial charge in [-0.05, 0) is 41.8 Å². The highest BCUT2D eigenvalue weighted by molar-refractivity contribution is 6.35. The molecule has 0 radical (unpaired) electrons. The molecule has 0 saturated carbocycles. The van der Waals surface area contributed by atoms with Crippen LogP contribution in [0.1, 0.15) is 24.5 Å². The lowest BCUT2D eigenvalue weighted by Crippen LogP contribution is -2.48. The van der Waals surface area contributed by atoms with Crippen molar-refractivity contribution in [1.29, 1.82) is 0 Å². The van der Waals surface area contributed by atoms with Crippen LogP contribution in [0.3, 0.4) is 0 Å². The summed E-state index contributed by atoms with van der Waals surface area (Å²) >= 11 is 18.1. The third-order valence-corrected chi connectivity index (χ3v) is 5.09. The van der Waals surface area contributed by atoms with Gasteiger partial charge in [0.25, 0.3) is 0 Å². The number of rotatable bonds is 7. The van der Waals surface area contributed by atoms with Gasteiger partial charge in [0.1, 0.15) is 6.04 Å². The second-order valence-corrected chi connectivity index (χ2v) is 7.38. The summed E-state index contributed by atoms with van der Waals surface area (Å²) in [6, 6.07) is 11.6. The van der Waals surface area contributed by atoms with Crippen molar-refractivity contribution in [2.75, 3.05) is 7.05 Å². The van der Waals surface area contributed by atoms with Gasteiger partial charge < -0.3 is 10.2 Å². The van der Waals surface area contributed by atoms with Gasteiger partial charge in [-0.1, -0.05) is 59.9 Å². The molecule has 2 rings (SSSR count). The SMILES string of the molecule is CC[C@H](C(=O)NC)N(Cc1ccc(Cl)cc1)C(=O)Cc1ccc(Cl)cc1Cl. The average molecular weight is 428 g/mol. The molecule has 4 nitrogen and oxygen atoms in total. The summed E-state index contributed by atoms with van der Waals surface area (Å²) in [5, 5.41) is 4.18. The summed E-state index contributed by atoms with van der Waals surface area (Å²) in [5.74, 6) is -0.397. The highest BCUT2D eigenvalue weighted by Gasteiger charge is 2.28. The summed E-state index contributed by atoms with van der Waals surface area (Å²) in [7, 11) is 1.56. The molecule has 0 aliphatic carbocycles. The predicted molar refractivity (Wildman–Crippen MR) is 110 cm³/mol. The van der Waals surface area contributed by atoms with Crippen molar-refractivity contribution in [1.82, 2.24) is 10.2 Å². The summed E-state index contributed by atoms with van der Waals surface area (Å²) < 4.78 is 0. The topological polar surface area (TPSA) is 49.4 Å². The van der Waals surface area contributed by atoms with Crippen molar-refractivity contribution < 1.29 is 9.59 Å². The Labute approximate surface area is 174 Å². The minimum absolute atomic E-state index is 0.0804. The zero-order valence-corrected chi connectivity index (χ0v) is 17.4. The van der Waals surface area contributed by atoms with E-state index in [9.17, 15) is 9.59 Å². The molecule has 0 aliphatic heterocycles. The molecule has 0 saturated heterocycles. The number of amides is 2. The van der Waals surface area contributed by atoms with Gasteiger partial charge >= 0.3 is 0 Å². The van der Waals surface area contributed by atoms with Gasteiger partial charge in [0.05, 0.1) is 6.42 Å². The van der Waals surface area contributed by atoms with E-state index in [4.69, 9.17) is 34.8 Å². The molecule has 0 aliphatic rings. The predicted octanol–water partition coefficient (Wildman–Crippen LogP) is 4.74. The van der Waals surface area contributed by atoms with Gasteiger partial charge in [-0.3, -0.25) is 9.59 Å². The Kier molecular flexibility index (Phi) is 7.96. The zero-order chi connectivity index (χ0) is 20.0. The molecular formula is C20H21Cl3N2O2. The number of nitrogens with zero attached hydrogens (tertiary/aromatic N) is 1. The molecule has 0 heterocycles. The lowest BCUT2D eigenvalue weighted by molar-refractivity contribution is -0.140. The van der Waals surface area contributed by atoms with Gasteiger partial charge in [-0.2, -0.15) is 0 Å². The van der Waals surface area contributed by atoms with Crippen molar-refractivity contribution in [2.24, 2.45) is 0 Å². The Morgan fingerprint density at radius 1 is 1.04 bits per heavy atom. The second-order valence-electron chi connectivity index (χ2n) is 6.10. The molecule has 1 atom stereocenters. The molecule has 0 aromatic heterocycles. The zero-order valence-electron chi connectivity index (χ0n) is 15.1. The number of carbonyl (C=O) groups excluding carboxylic acids is 2. The summed E-state index contributed by atoms with van der Waals surface area (Å²) in [4.78, 5) is 27.0. The van der Waals surface area contributed by atoms with Gasteiger partial charge in [0.15, 0.2) is 0 Å². The van der Waals surface area contributed by atoms with Crippen LogP contribution in [0, 0.1) is 0 Å². The third kappa shape index (κ3) is 5.86. The summed E-state index contributed by atoms with van der Waals surface area (Å²) in [5.41, 5.74) is 1.55. The Morgan fingerprint density at radius 3 is 2.22 bits per heavy atom. The van der Waals surface area contributed by atoms with Crippen molar-refractivity contribution in [3.05, 3.63) is 68.7 Å². The van der Waals surface area contributed by atoms with Crippen molar-refractivity contribution in [2.45, 2.75) is 32.4 Å². The van der Waals surface area contributed by atoms with Crippen LogP contribution in [0.4, 0.5) is 0 Å². The maximum atomic E-state index is 13.1. The van der Waals surface area contributed by atoms with E-state index in [0.717, 1.165) is 5.56 Å². The first-order chi connectivity index (χ1) is 12.8. The summed E-state index contributed by atoms with van der Waals surface area (Å²) in [6.45, 7) is 2.17. The van der Waals surface area contributed by atoms with Crippen LogP contribution in [-0.4, -0.2) is 29.8 Å². The van der Waals surface area contributed by atoms with Crippen LogP contribution in [0.5, 0.6) is 0 Å². The number of carbonyl (C=O) groups is 2. The molecule has 0 fully saturated rings. The molecule has 0 spiro atoms. The number of hydrogen-bond donors (Lipinski definition) is 1. The first-order valence-electron chi connectivity index (χ1n) is 8.55. The van der Waals surface area contributed by atoms with E-state index in [1.807, 2.05) is 19.1 Å². The van der Waals surface area contributed by atoms with E-state index in [2.05, 4.69) is 5.32 Å². The van der Waals surface area contributed by atoms with Crippen LogP contribution in [0.2, 0.25) is 15.1 Å². The number of likely N-dealkylation sites (N-methyl/N-ethyl adjacent to an activating group) is 1. The number of nitrogens with one attached hydrogen (secondary N) is 1. The molecule has 2 aromatic rings. The van der Waals surface area contributed by atoms with Crippen LogP contribution in [-0.2, 0) is 22.6 Å². The number of benzene rings is 2. The largest absolute Gasteiger partial charge is 0.357 e. The van der Waals surface area contributed by atoms with Crippen LogP contribution in [0.15, 0.2) is 42.5 Å². The Bertz CT molecular complexity index is 809. The lowest BCUT2D eigenvalue weighted by Gasteiger charge is -2.30. The lowest BCUT2D eigenvalue weighted by atomic mass is 10.1. The smallest absolute Gasteiger partial charge is 0.242 e. The van der Waals surface area contributed by atoms with Crippen LogP contribution >= 0.6 is 34.8 Å². The van der Waals surface area contributed by atoms with Crippen LogP contribution in [0.25, 0.3) is 0 Å². The number of hydrogen-bond acceptors (Lipinski definition) is 2. The highest BCUT2D eigenvalue weighted by Crippen LogP contribution is 2.23. The van der Waals surface area contributed by atoms with Crippen LogP contribution < -0.4 is 5.32 Å². The fraction of sp³-hybridized carbons (Fsp3) is 0.300. The van der Waals surface area contributed by atoms with E-state index in [-0.39, 0.29) is 18.2 Å². The fourth-order valence-electron chi connectivity index (χ4n) is 2.80. The minimum atomic E-state index is -0.579. The molecule has 1 N–H and O–H groups in total. The fourth-order valence-corrected chi connectivity index (χ4v) is 3.40. The van der Waals surface area contributed by atoms with E-state index in [1.165, 1.54) is 0 Å². The van der Waals surface area contributed by atoms with Crippen molar-refractivity contribution >= 4 is 46.6 Å². The van der Waals surface area contributed by atoms with Gasteiger partial charge in [0.2, 0.25) is 11.8 Å². The Morgan fingerprint density at radius 2 is 1.67 bits per heavy atom. The normalized spacial score (nSPS) is 11.7. The van der Waals surface area contributed by atoms with E-state index in [0.29, 0.717) is 33.6 Å². The molecule has 2 amide bonds. The highest BCUT2D eigenvalue weighted by atomic mass is 35.5. The minimum Gasteiger partial charge on any atom is -0.357 e. The monoisotopic (exact) mass is 426 g/mol. The Balaban J connectivity index is 2.30. The maximum absolute atomic E-state index is 13.1. The van der Waals surface area contributed by atoms with Gasteiger partial charge in [0, 0.05) is 28.7 Å². The molecule has 0 unspecified atom stereocenters. The molecule has 27 heavy (non-hydrogen) atoms. The van der Waals surface area contributed by atoms with Gasteiger partial charge in [-0.25, -0.2) is 0 Å². The second kappa shape index (κ2) is 9.98. The quantitative estimate of drug-likeness (QED) is 0.693. The van der Waals surface area contributed by atoms with Crippen molar-refractivity contribution in [3.8, 4) is 0 Å². The third-order valence-electron chi connectivity index (χ3n) is 4.26. The van der Waals surface area contributed by atoms with Crippen molar-refractivity contribution in [3.63, 3.8) is 0 Å². The maximum Gasteiger partial charge on any atom is 0.242 e. The molecule has 7 heteroatoms. The molecule has 0 bridgehead atoms. The number of halogens is 3. The molecular weight excluding hydrogens is 407 g/mol. The summed E-state index contributed by atoms with van der Waals surface area (Å²) in [6.07, 6.45) is 0.574. The molecule has 144 valence electrons. The first kappa shape index (κ1) is 21.5. The van der Waals surface area contributed by atoms with E-state index >= 15 is 0 Å². The van der Waals surface area contributed by atoms with E-state index in [1.54, 1.807) is 42.3 Å². The first-order valence-corrected chi connectivity index (χ1v) is 9.68. The molecule has 2 aromatic carbocycles. The van der Waals surface area contributed by atoms with E-state index < -0.39 is 6.04 Å². The Hall–Kier alpha value is -1.75. The van der Waals surface area contributed by atoms with Gasteiger partial charge in [-0.15, -0.1) is 0 Å². The standard InChI is InChI=1S/C20H21Cl3N2O2/c1-3-18(20(27)24-2)25(12-13-4-7-15(21)8-5-13)19(26)10-14-6-9-16(22)11-17(14)23/h4-9,11,18H,3,10,12H2,1-2H3,(H,24,27)/t18-/m1/s1.